The maximum atomic E-state index is 9.74. The minimum Gasteiger partial charge on any atom is -0.393 e. The Morgan fingerprint density at radius 3 is 2.56 bits per heavy atom. The third-order valence-corrected chi connectivity index (χ3v) is 5.14. The number of aliphatic hydroxyl groups is 1. The first kappa shape index (κ1) is 16.4. The fraction of sp³-hybridized carbons (Fsp3) is 0.474. The van der Waals surface area contributed by atoms with E-state index in [0.717, 1.165) is 42.7 Å². The van der Waals surface area contributed by atoms with Crippen molar-refractivity contribution in [1.82, 2.24) is 14.8 Å². The van der Waals surface area contributed by atoms with E-state index in [4.69, 9.17) is 11.6 Å². The van der Waals surface area contributed by atoms with Crippen molar-refractivity contribution in [3.63, 3.8) is 0 Å². The fourth-order valence-corrected chi connectivity index (χ4v) is 3.56. The summed E-state index contributed by atoms with van der Waals surface area (Å²) in [6.07, 6.45) is 7.35. The molecule has 0 spiro atoms. The van der Waals surface area contributed by atoms with Crippen LogP contribution in [0.3, 0.4) is 0 Å². The summed E-state index contributed by atoms with van der Waals surface area (Å²) in [4.78, 5) is 6.43. The van der Waals surface area contributed by atoms with E-state index in [1.165, 1.54) is 18.5 Å². The van der Waals surface area contributed by atoms with Gasteiger partial charge in [-0.1, -0.05) is 23.4 Å². The van der Waals surface area contributed by atoms with Crippen LogP contribution in [0.25, 0.3) is 0 Å². The summed E-state index contributed by atoms with van der Waals surface area (Å²) in [6, 6.07) is 1.87. The first-order valence-corrected chi connectivity index (χ1v) is 9.12. The Balaban J connectivity index is 1.65. The van der Waals surface area contributed by atoms with Crippen LogP contribution >= 0.6 is 11.6 Å². The van der Waals surface area contributed by atoms with Crippen LogP contribution in [-0.2, 0) is 7.05 Å². The molecule has 1 N–H and O–H groups in total. The van der Waals surface area contributed by atoms with Crippen LogP contribution in [0.2, 0.25) is 5.15 Å². The number of anilines is 1. The van der Waals surface area contributed by atoms with E-state index in [-0.39, 0.29) is 6.10 Å². The van der Waals surface area contributed by atoms with E-state index >= 15 is 0 Å². The summed E-state index contributed by atoms with van der Waals surface area (Å²) in [5, 5.41) is 14.6. The number of pyridine rings is 1. The molecule has 0 bridgehead atoms. The van der Waals surface area contributed by atoms with E-state index in [2.05, 4.69) is 26.8 Å². The number of hydrogen-bond acceptors (Lipinski definition) is 4. The summed E-state index contributed by atoms with van der Waals surface area (Å²) >= 11 is 6.11. The second-order valence-corrected chi connectivity index (χ2v) is 7.22. The van der Waals surface area contributed by atoms with Crippen molar-refractivity contribution >= 4 is 17.3 Å². The average Bonchev–Trinajstić information content (AvgIpc) is 3.37. The molecule has 2 aromatic heterocycles. The number of halogens is 1. The van der Waals surface area contributed by atoms with Crippen molar-refractivity contribution in [2.45, 2.75) is 37.7 Å². The highest BCUT2D eigenvalue weighted by Crippen LogP contribution is 2.41. The zero-order valence-electron chi connectivity index (χ0n) is 14.2. The molecule has 0 atom stereocenters. The molecule has 0 amide bonds. The van der Waals surface area contributed by atoms with Gasteiger partial charge in [-0.2, -0.15) is 5.10 Å². The Morgan fingerprint density at radius 2 is 1.84 bits per heavy atom. The molecule has 5 nitrogen and oxygen atoms in total. The van der Waals surface area contributed by atoms with Gasteiger partial charge < -0.3 is 10.0 Å². The SMILES string of the molecule is Cn1ncc(C#Cc2cnc(Cl)cc2N2CCC(O)CC2)c1C1CC1. The number of aliphatic hydroxyl groups excluding tert-OH is 1. The van der Waals surface area contributed by atoms with E-state index in [0.29, 0.717) is 11.1 Å². The van der Waals surface area contributed by atoms with Crippen LogP contribution in [0.15, 0.2) is 18.5 Å². The zero-order valence-corrected chi connectivity index (χ0v) is 15.0. The first-order valence-electron chi connectivity index (χ1n) is 8.74. The Bertz CT molecular complexity index is 839. The topological polar surface area (TPSA) is 54.2 Å². The van der Waals surface area contributed by atoms with Crippen LogP contribution in [0, 0.1) is 11.8 Å². The highest BCUT2D eigenvalue weighted by Gasteiger charge is 2.29. The van der Waals surface area contributed by atoms with Crippen LogP contribution in [0.5, 0.6) is 0 Å². The molecule has 1 saturated heterocycles. The Labute approximate surface area is 152 Å². The number of hydrogen-bond donors (Lipinski definition) is 1. The lowest BCUT2D eigenvalue weighted by Crippen LogP contribution is -2.36. The molecule has 2 fully saturated rings. The van der Waals surface area contributed by atoms with Gasteiger partial charge in [-0.15, -0.1) is 0 Å². The molecular weight excluding hydrogens is 336 g/mol. The molecule has 6 heteroatoms. The standard InChI is InChI=1S/C19H21ClN4O/c1-23-19(13-2-3-13)15(12-22-23)5-4-14-11-21-18(20)10-17(14)24-8-6-16(25)7-9-24/h10-13,16,25H,2-3,6-9H2,1H3. The smallest absolute Gasteiger partial charge is 0.131 e. The number of nitrogens with zero attached hydrogens (tertiary/aromatic N) is 4. The monoisotopic (exact) mass is 356 g/mol. The molecule has 0 unspecified atom stereocenters. The predicted molar refractivity (Wildman–Crippen MR) is 97.9 cm³/mol. The minimum absolute atomic E-state index is 0.209. The van der Waals surface area contributed by atoms with Gasteiger partial charge >= 0.3 is 0 Å². The van der Waals surface area contributed by atoms with Gasteiger partial charge in [0.05, 0.1) is 34.8 Å². The molecule has 4 rings (SSSR count). The molecule has 0 aromatic carbocycles. The highest BCUT2D eigenvalue weighted by molar-refractivity contribution is 6.29. The van der Waals surface area contributed by atoms with Crippen LogP contribution < -0.4 is 4.90 Å². The van der Waals surface area contributed by atoms with Crippen molar-refractivity contribution in [2.75, 3.05) is 18.0 Å². The molecule has 2 aromatic rings. The molecular formula is C19H21ClN4O. The van der Waals surface area contributed by atoms with Gasteiger partial charge in [-0.25, -0.2) is 4.98 Å². The van der Waals surface area contributed by atoms with Crippen molar-refractivity contribution < 1.29 is 5.11 Å². The summed E-state index contributed by atoms with van der Waals surface area (Å²) in [5.74, 6) is 7.16. The maximum Gasteiger partial charge on any atom is 0.131 e. The van der Waals surface area contributed by atoms with Gasteiger partial charge in [-0.3, -0.25) is 4.68 Å². The molecule has 3 heterocycles. The van der Waals surface area contributed by atoms with Crippen molar-refractivity contribution in [1.29, 1.82) is 0 Å². The molecule has 1 aliphatic heterocycles. The second kappa shape index (κ2) is 6.70. The fourth-order valence-electron chi connectivity index (χ4n) is 3.40. The summed E-state index contributed by atoms with van der Waals surface area (Å²) in [6.45, 7) is 1.60. The van der Waals surface area contributed by atoms with E-state index in [1.807, 2.05) is 24.0 Å². The van der Waals surface area contributed by atoms with Gasteiger partial charge in [0.1, 0.15) is 5.15 Å². The molecule has 1 aliphatic carbocycles. The van der Waals surface area contributed by atoms with Crippen molar-refractivity contribution in [3.05, 3.63) is 40.4 Å². The molecule has 25 heavy (non-hydrogen) atoms. The molecule has 2 aliphatic rings. The van der Waals surface area contributed by atoms with Gasteiger partial charge in [0.2, 0.25) is 0 Å². The predicted octanol–water partition coefficient (Wildman–Crippen LogP) is 2.71. The van der Waals surface area contributed by atoms with Gasteiger partial charge in [0, 0.05) is 38.3 Å². The molecule has 1 saturated carbocycles. The summed E-state index contributed by atoms with van der Waals surface area (Å²) in [7, 11) is 1.98. The third kappa shape index (κ3) is 3.51. The van der Waals surface area contributed by atoms with Crippen LogP contribution in [0.4, 0.5) is 5.69 Å². The van der Waals surface area contributed by atoms with Crippen molar-refractivity contribution in [3.8, 4) is 11.8 Å². The summed E-state index contributed by atoms with van der Waals surface area (Å²) < 4.78 is 1.94. The Hall–Kier alpha value is -2.03. The lowest BCUT2D eigenvalue weighted by molar-refractivity contribution is 0.145. The van der Waals surface area contributed by atoms with E-state index in [1.54, 1.807) is 6.20 Å². The Morgan fingerprint density at radius 1 is 1.12 bits per heavy atom. The number of aryl methyl sites for hydroxylation is 1. The maximum absolute atomic E-state index is 9.74. The van der Waals surface area contributed by atoms with Gasteiger partial charge in [0.25, 0.3) is 0 Å². The summed E-state index contributed by atoms with van der Waals surface area (Å²) in [5.41, 5.74) is 4.10. The van der Waals surface area contributed by atoms with E-state index < -0.39 is 0 Å². The quantitative estimate of drug-likeness (QED) is 0.664. The number of piperidine rings is 1. The second-order valence-electron chi connectivity index (χ2n) is 6.83. The average molecular weight is 357 g/mol. The Kier molecular flexibility index (Phi) is 4.41. The highest BCUT2D eigenvalue weighted by atomic mass is 35.5. The normalized spacial score (nSPS) is 18.1. The largest absolute Gasteiger partial charge is 0.393 e. The first-order chi connectivity index (χ1) is 12.1. The van der Waals surface area contributed by atoms with E-state index in [9.17, 15) is 5.11 Å². The molecule has 0 radical (unpaired) electrons. The number of rotatable bonds is 2. The number of aromatic nitrogens is 3. The van der Waals surface area contributed by atoms with Crippen molar-refractivity contribution in [2.24, 2.45) is 7.05 Å². The molecule has 130 valence electrons. The van der Waals surface area contributed by atoms with Gasteiger partial charge in [-0.05, 0) is 25.7 Å². The third-order valence-electron chi connectivity index (χ3n) is 4.93. The lowest BCUT2D eigenvalue weighted by atomic mass is 10.1. The lowest BCUT2D eigenvalue weighted by Gasteiger charge is -2.32. The van der Waals surface area contributed by atoms with Crippen LogP contribution in [-0.4, -0.2) is 39.1 Å². The zero-order chi connectivity index (χ0) is 17.4. The van der Waals surface area contributed by atoms with Gasteiger partial charge in [0.15, 0.2) is 0 Å². The van der Waals surface area contributed by atoms with Crippen LogP contribution in [0.1, 0.15) is 48.4 Å². The minimum atomic E-state index is -0.209.